The third-order valence-corrected chi connectivity index (χ3v) is 5.32. The first kappa shape index (κ1) is 20.1. The molecule has 2 aromatic rings. The van der Waals surface area contributed by atoms with E-state index in [1.165, 1.54) is 31.0 Å². The van der Waals surface area contributed by atoms with Gasteiger partial charge in [0.05, 0.1) is 0 Å². The number of likely N-dealkylation sites (tertiary alicyclic amines) is 1. The van der Waals surface area contributed by atoms with Gasteiger partial charge in [-0.05, 0) is 74.5 Å². The van der Waals surface area contributed by atoms with E-state index in [0.717, 1.165) is 37.5 Å². The van der Waals surface area contributed by atoms with Crippen molar-refractivity contribution in [3.63, 3.8) is 0 Å². The van der Waals surface area contributed by atoms with E-state index in [1.54, 1.807) is 6.07 Å². The number of urea groups is 1. The van der Waals surface area contributed by atoms with Crippen molar-refractivity contribution >= 4 is 17.9 Å². The van der Waals surface area contributed by atoms with Crippen molar-refractivity contribution < 1.29 is 4.79 Å². The second kappa shape index (κ2) is 10.6. The zero-order valence-electron chi connectivity index (χ0n) is 16.4. The van der Waals surface area contributed by atoms with E-state index in [1.807, 2.05) is 18.2 Å². The fraction of sp³-hybridized carbons (Fsp3) is 0.391. The number of benzene rings is 2. The molecule has 0 bridgehead atoms. The Bertz CT molecular complexity index is 754. The molecule has 2 aromatic carbocycles. The number of rotatable bonds is 8. The Hall–Kier alpha value is -2.66. The fourth-order valence-electron chi connectivity index (χ4n) is 3.75. The maximum atomic E-state index is 12.0. The first-order chi connectivity index (χ1) is 13.7. The Balaban J connectivity index is 1.28. The molecular formula is C23H30N4O. The van der Waals surface area contributed by atoms with Crippen LogP contribution in [-0.2, 0) is 6.42 Å². The Morgan fingerprint density at radius 2 is 1.89 bits per heavy atom. The van der Waals surface area contributed by atoms with E-state index in [4.69, 9.17) is 5.41 Å². The molecule has 0 aliphatic carbocycles. The molecule has 5 heteroatoms. The topological polar surface area (TPSA) is 68.2 Å². The minimum Gasteiger partial charge on any atom is -0.338 e. The van der Waals surface area contributed by atoms with E-state index >= 15 is 0 Å². The van der Waals surface area contributed by atoms with Crippen LogP contribution in [0.2, 0.25) is 0 Å². The molecule has 1 aliphatic heterocycles. The van der Waals surface area contributed by atoms with Crippen molar-refractivity contribution in [2.75, 3.05) is 31.5 Å². The summed E-state index contributed by atoms with van der Waals surface area (Å²) in [5, 5.41) is 13.0. The van der Waals surface area contributed by atoms with Crippen molar-refractivity contribution in [3.05, 3.63) is 65.7 Å². The van der Waals surface area contributed by atoms with Gasteiger partial charge in [0.1, 0.15) is 0 Å². The predicted octanol–water partition coefficient (Wildman–Crippen LogP) is 4.15. The average molecular weight is 379 g/mol. The summed E-state index contributed by atoms with van der Waals surface area (Å²) in [6, 6.07) is 17.9. The number of hydrogen-bond acceptors (Lipinski definition) is 3. The van der Waals surface area contributed by atoms with Crippen molar-refractivity contribution in [1.29, 1.82) is 5.41 Å². The monoisotopic (exact) mass is 378 g/mol. The highest BCUT2D eigenvalue weighted by Crippen LogP contribution is 2.21. The summed E-state index contributed by atoms with van der Waals surface area (Å²) in [7, 11) is 0. The highest BCUT2D eigenvalue weighted by Gasteiger charge is 2.19. The lowest BCUT2D eigenvalue weighted by molar-refractivity contribution is 0.182. The second-order valence-corrected chi connectivity index (χ2v) is 7.48. The molecule has 28 heavy (non-hydrogen) atoms. The van der Waals surface area contributed by atoms with Crippen molar-refractivity contribution in [2.24, 2.45) is 5.92 Å². The van der Waals surface area contributed by atoms with Crippen LogP contribution in [0.15, 0.2) is 54.6 Å². The van der Waals surface area contributed by atoms with E-state index in [2.05, 4.69) is 45.9 Å². The van der Waals surface area contributed by atoms with Gasteiger partial charge in [-0.15, -0.1) is 0 Å². The minimum absolute atomic E-state index is 0.191. The number of carbonyl (C=O) groups is 1. The first-order valence-corrected chi connectivity index (χ1v) is 10.1. The van der Waals surface area contributed by atoms with Gasteiger partial charge >= 0.3 is 6.03 Å². The summed E-state index contributed by atoms with van der Waals surface area (Å²) in [6.45, 7) is 4.00. The third kappa shape index (κ3) is 6.50. The van der Waals surface area contributed by atoms with Crippen LogP contribution in [0.3, 0.4) is 0 Å². The summed E-state index contributed by atoms with van der Waals surface area (Å²) in [5.74, 6) is 0.791. The lowest BCUT2D eigenvalue weighted by Gasteiger charge is -2.32. The minimum atomic E-state index is -0.191. The zero-order valence-corrected chi connectivity index (χ0v) is 16.4. The Morgan fingerprint density at radius 3 is 2.64 bits per heavy atom. The van der Waals surface area contributed by atoms with Gasteiger partial charge in [0, 0.05) is 18.4 Å². The van der Waals surface area contributed by atoms with E-state index in [9.17, 15) is 4.79 Å². The molecule has 0 aromatic heterocycles. The highest BCUT2D eigenvalue weighted by atomic mass is 16.2. The normalized spacial score (nSPS) is 15.1. The lowest BCUT2D eigenvalue weighted by Crippen LogP contribution is -2.37. The smallest absolute Gasteiger partial charge is 0.319 e. The summed E-state index contributed by atoms with van der Waals surface area (Å²) in [6.07, 6.45) is 5.93. The van der Waals surface area contributed by atoms with Gasteiger partial charge in [-0.1, -0.05) is 42.5 Å². The number of nitrogens with one attached hydrogen (secondary N) is 3. The molecule has 0 unspecified atom stereocenters. The molecule has 0 atom stereocenters. The number of piperidine rings is 1. The van der Waals surface area contributed by atoms with Crippen molar-refractivity contribution in [1.82, 2.24) is 10.2 Å². The maximum Gasteiger partial charge on any atom is 0.319 e. The molecular weight excluding hydrogens is 348 g/mol. The van der Waals surface area contributed by atoms with Crippen LogP contribution in [0.4, 0.5) is 10.5 Å². The van der Waals surface area contributed by atoms with Crippen LogP contribution in [-0.4, -0.2) is 43.3 Å². The molecule has 2 amide bonds. The van der Waals surface area contributed by atoms with Gasteiger partial charge < -0.3 is 20.9 Å². The molecule has 0 saturated carbocycles. The molecule has 3 rings (SSSR count). The molecule has 1 fully saturated rings. The van der Waals surface area contributed by atoms with Crippen LogP contribution in [0.1, 0.15) is 30.4 Å². The van der Waals surface area contributed by atoms with Crippen LogP contribution < -0.4 is 10.6 Å². The standard InChI is InChI=1S/C23H30N4O/c24-18-21-8-4-9-22(17-21)26-23(28)25-12-5-13-27-14-10-20(11-15-27)16-19-6-2-1-3-7-19/h1-4,6-9,17-18,20,24H,5,10-16H2,(H2,25,26,28). The molecule has 5 nitrogen and oxygen atoms in total. The van der Waals surface area contributed by atoms with E-state index in [0.29, 0.717) is 12.2 Å². The molecule has 0 radical (unpaired) electrons. The number of hydrogen-bond donors (Lipinski definition) is 3. The second-order valence-electron chi connectivity index (χ2n) is 7.48. The molecule has 3 N–H and O–H groups in total. The van der Waals surface area contributed by atoms with Gasteiger partial charge in [-0.3, -0.25) is 0 Å². The summed E-state index contributed by atoms with van der Waals surface area (Å²) >= 11 is 0. The zero-order chi connectivity index (χ0) is 19.6. The lowest BCUT2D eigenvalue weighted by atomic mass is 9.90. The Kier molecular flexibility index (Phi) is 7.62. The maximum absolute atomic E-state index is 12.0. The van der Waals surface area contributed by atoms with Gasteiger partial charge in [0.15, 0.2) is 0 Å². The number of nitrogens with zero attached hydrogens (tertiary/aromatic N) is 1. The fourth-order valence-corrected chi connectivity index (χ4v) is 3.75. The van der Waals surface area contributed by atoms with E-state index < -0.39 is 0 Å². The number of carbonyl (C=O) groups excluding carboxylic acids is 1. The number of anilines is 1. The molecule has 1 aliphatic rings. The molecule has 148 valence electrons. The SMILES string of the molecule is N=Cc1cccc(NC(=O)NCCCN2CCC(Cc3ccccc3)CC2)c1. The third-order valence-electron chi connectivity index (χ3n) is 5.32. The number of amides is 2. The van der Waals surface area contributed by atoms with Gasteiger partial charge in [0.2, 0.25) is 0 Å². The van der Waals surface area contributed by atoms with Crippen LogP contribution in [0.25, 0.3) is 0 Å². The summed E-state index contributed by atoms with van der Waals surface area (Å²) in [5.41, 5.74) is 2.93. The highest BCUT2D eigenvalue weighted by molar-refractivity contribution is 5.90. The average Bonchev–Trinajstić information content (AvgIpc) is 2.73. The Labute approximate surface area is 167 Å². The first-order valence-electron chi connectivity index (χ1n) is 10.1. The summed E-state index contributed by atoms with van der Waals surface area (Å²) < 4.78 is 0. The quantitative estimate of drug-likeness (QED) is 0.477. The van der Waals surface area contributed by atoms with Crippen LogP contribution in [0, 0.1) is 11.3 Å². The molecule has 1 saturated heterocycles. The van der Waals surface area contributed by atoms with Gasteiger partial charge in [0.25, 0.3) is 0 Å². The molecule has 0 spiro atoms. The molecule has 1 heterocycles. The largest absolute Gasteiger partial charge is 0.338 e. The van der Waals surface area contributed by atoms with Gasteiger partial charge in [-0.2, -0.15) is 0 Å². The van der Waals surface area contributed by atoms with Crippen molar-refractivity contribution in [3.8, 4) is 0 Å². The van der Waals surface area contributed by atoms with Crippen molar-refractivity contribution in [2.45, 2.75) is 25.7 Å². The predicted molar refractivity (Wildman–Crippen MR) is 115 cm³/mol. The van der Waals surface area contributed by atoms with Gasteiger partial charge in [-0.25, -0.2) is 4.79 Å². The van der Waals surface area contributed by atoms with Crippen LogP contribution in [0.5, 0.6) is 0 Å². The van der Waals surface area contributed by atoms with Crippen LogP contribution >= 0.6 is 0 Å². The van der Waals surface area contributed by atoms with E-state index in [-0.39, 0.29) is 6.03 Å². The Morgan fingerprint density at radius 1 is 1.11 bits per heavy atom. The summed E-state index contributed by atoms with van der Waals surface area (Å²) in [4.78, 5) is 14.5.